The lowest BCUT2D eigenvalue weighted by Gasteiger charge is -2.33. The lowest BCUT2D eigenvalue weighted by Crippen LogP contribution is -2.46. The Bertz CT molecular complexity index is 1880. The number of carbonyl (C=O) groups excluding carboxylic acids is 2. The topological polar surface area (TPSA) is 131 Å². The van der Waals surface area contributed by atoms with Crippen LogP contribution in [0.1, 0.15) is 28.8 Å². The minimum Gasteiger partial charge on any atom is -0.406 e. The van der Waals surface area contributed by atoms with Gasteiger partial charge in [-0.2, -0.15) is 9.78 Å². The Morgan fingerprint density at radius 2 is 1.90 bits per heavy atom. The SMILES string of the molecule is Cc1nn(-c2ncnc3nc[nH]c23)c2c1[C@]1(CC(=O)N2)C(=O)N(Cc2cccc(OC(F)(F)F)c2)c2ccccc21. The van der Waals surface area contributed by atoms with Crippen LogP contribution in [0.3, 0.4) is 0 Å². The predicted molar refractivity (Wildman–Crippen MR) is 138 cm³/mol. The van der Waals surface area contributed by atoms with E-state index >= 15 is 0 Å². The first-order chi connectivity index (χ1) is 19.7. The van der Waals surface area contributed by atoms with Crippen molar-refractivity contribution in [2.45, 2.75) is 31.7 Å². The number of nitrogens with one attached hydrogen (secondary N) is 2. The Labute approximate surface area is 229 Å². The van der Waals surface area contributed by atoms with Gasteiger partial charge >= 0.3 is 6.36 Å². The van der Waals surface area contributed by atoms with Crippen LogP contribution in [0.15, 0.2) is 61.2 Å². The van der Waals surface area contributed by atoms with Crippen molar-refractivity contribution in [1.82, 2.24) is 29.7 Å². The highest BCUT2D eigenvalue weighted by atomic mass is 19.4. The van der Waals surface area contributed by atoms with E-state index in [1.165, 1.54) is 40.4 Å². The molecule has 206 valence electrons. The van der Waals surface area contributed by atoms with Gasteiger partial charge in [0.2, 0.25) is 11.8 Å². The second-order valence-electron chi connectivity index (χ2n) is 9.75. The molecule has 0 aliphatic carbocycles. The van der Waals surface area contributed by atoms with Gasteiger partial charge in [-0.05, 0) is 36.2 Å². The summed E-state index contributed by atoms with van der Waals surface area (Å²) < 4.78 is 44.0. The number of alkyl halides is 3. The minimum atomic E-state index is -4.85. The van der Waals surface area contributed by atoms with Gasteiger partial charge in [-0.3, -0.25) is 9.59 Å². The molecular formula is C27H19F3N8O3. The number of aromatic nitrogens is 6. The summed E-state index contributed by atoms with van der Waals surface area (Å²) in [4.78, 5) is 44.9. The molecule has 11 nitrogen and oxygen atoms in total. The van der Waals surface area contributed by atoms with Gasteiger partial charge in [0.15, 0.2) is 11.5 Å². The zero-order chi connectivity index (χ0) is 28.5. The summed E-state index contributed by atoms with van der Waals surface area (Å²) in [7, 11) is 0. The number of nitrogens with zero attached hydrogens (tertiary/aromatic N) is 6. The molecule has 2 aromatic carbocycles. The third-order valence-corrected chi connectivity index (χ3v) is 7.31. The van der Waals surface area contributed by atoms with Crippen LogP contribution >= 0.6 is 0 Å². The van der Waals surface area contributed by atoms with Crippen LogP contribution in [0.2, 0.25) is 0 Å². The van der Waals surface area contributed by atoms with Crippen molar-refractivity contribution >= 4 is 34.5 Å². The summed E-state index contributed by atoms with van der Waals surface area (Å²) in [6.07, 6.45) is -2.24. The number of halogens is 3. The predicted octanol–water partition coefficient (Wildman–Crippen LogP) is 3.92. The van der Waals surface area contributed by atoms with Crippen molar-refractivity contribution < 1.29 is 27.5 Å². The summed E-state index contributed by atoms with van der Waals surface area (Å²) >= 11 is 0. The van der Waals surface area contributed by atoms with Crippen LogP contribution in [0.5, 0.6) is 5.75 Å². The molecule has 3 aromatic heterocycles. The maximum absolute atomic E-state index is 14.5. The maximum atomic E-state index is 14.5. The third kappa shape index (κ3) is 3.74. The Morgan fingerprint density at radius 1 is 1.07 bits per heavy atom. The summed E-state index contributed by atoms with van der Waals surface area (Å²) in [6, 6.07) is 12.5. The van der Waals surface area contributed by atoms with Crippen LogP contribution in [-0.4, -0.2) is 47.9 Å². The molecule has 5 heterocycles. The van der Waals surface area contributed by atoms with Crippen LogP contribution in [0, 0.1) is 6.92 Å². The van der Waals surface area contributed by atoms with Gasteiger partial charge in [-0.15, -0.1) is 13.2 Å². The van der Waals surface area contributed by atoms with E-state index in [9.17, 15) is 22.8 Å². The molecule has 2 amide bonds. The van der Waals surface area contributed by atoms with Crippen LogP contribution in [0.25, 0.3) is 17.0 Å². The minimum absolute atomic E-state index is 0.0442. The van der Waals surface area contributed by atoms with E-state index in [1.54, 1.807) is 37.3 Å². The van der Waals surface area contributed by atoms with E-state index in [1.807, 2.05) is 0 Å². The van der Waals surface area contributed by atoms with E-state index in [0.29, 0.717) is 50.9 Å². The van der Waals surface area contributed by atoms with Crippen molar-refractivity contribution in [1.29, 1.82) is 0 Å². The number of ether oxygens (including phenoxy) is 1. The molecule has 1 atom stereocenters. The number of benzene rings is 2. The van der Waals surface area contributed by atoms with Gasteiger partial charge in [0.1, 0.15) is 28.8 Å². The first kappa shape index (κ1) is 24.7. The van der Waals surface area contributed by atoms with E-state index in [4.69, 9.17) is 0 Å². The number of hydrogen-bond donors (Lipinski definition) is 2. The highest BCUT2D eigenvalue weighted by Crippen LogP contribution is 2.53. The zero-order valence-electron chi connectivity index (χ0n) is 21.2. The van der Waals surface area contributed by atoms with Crippen molar-refractivity contribution in [3.05, 3.63) is 83.6 Å². The summed E-state index contributed by atoms with van der Waals surface area (Å²) in [6.45, 7) is 1.70. The van der Waals surface area contributed by atoms with Gasteiger partial charge in [-0.25, -0.2) is 15.0 Å². The van der Waals surface area contributed by atoms with Gasteiger partial charge < -0.3 is 19.9 Å². The van der Waals surface area contributed by atoms with E-state index in [0.717, 1.165) is 0 Å². The number of carbonyl (C=O) groups is 2. The van der Waals surface area contributed by atoms with Gasteiger partial charge in [0.25, 0.3) is 0 Å². The molecule has 14 heteroatoms. The van der Waals surface area contributed by atoms with E-state index < -0.39 is 29.3 Å². The summed E-state index contributed by atoms with van der Waals surface area (Å²) in [5, 5.41) is 7.55. The zero-order valence-corrected chi connectivity index (χ0v) is 21.2. The number of anilines is 2. The molecule has 0 fully saturated rings. The van der Waals surface area contributed by atoms with Crippen molar-refractivity contribution in [2.24, 2.45) is 0 Å². The third-order valence-electron chi connectivity index (χ3n) is 7.31. The average molecular weight is 560 g/mol. The second-order valence-corrected chi connectivity index (χ2v) is 9.75. The molecule has 5 aromatic rings. The monoisotopic (exact) mass is 560 g/mol. The van der Waals surface area contributed by atoms with E-state index in [-0.39, 0.29) is 13.0 Å². The molecule has 7 rings (SSSR count). The molecule has 0 bridgehead atoms. The first-order valence-corrected chi connectivity index (χ1v) is 12.5. The fourth-order valence-corrected chi connectivity index (χ4v) is 5.84. The van der Waals surface area contributed by atoms with Crippen LogP contribution in [0.4, 0.5) is 24.7 Å². The lowest BCUT2D eigenvalue weighted by atomic mass is 9.70. The highest BCUT2D eigenvalue weighted by molar-refractivity contribution is 6.16. The molecule has 2 N–H and O–H groups in total. The fraction of sp³-hybridized carbons (Fsp3) is 0.185. The number of para-hydroxylation sites is 1. The first-order valence-electron chi connectivity index (χ1n) is 12.5. The molecule has 2 aliphatic heterocycles. The van der Waals surface area contributed by atoms with Gasteiger partial charge in [0, 0.05) is 17.7 Å². The lowest BCUT2D eigenvalue weighted by molar-refractivity contribution is -0.274. The summed E-state index contributed by atoms with van der Waals surface area (Å²) in [5.41, 5.74) is 2.05. The van der Waals surface area contributed by atoms with Crippen molar-refractivity contribution in [3.63, 3.8) is 0 Å². The number of rotatable bonds is 4. The maximum Gasteiger partial charge on any atom is 0.573 e. The van der Waals surface area contributed by atoms with E-state index in [2.05, 4.69) is 35.1 Å². The Kier molecular flexibility index (Phi) is 5.20. The smallest absolute Gasteiger partial charge is 0.406 e. The number of amides is 2. The molecule has 0 unspecified atom stereocenters. The number of aryl methyl sites for hydroxylation is 1. The number of aromatic amines is 1. The number of hydrogen-bond acceptors (Lipinski definition) is 7. The van der Waals surface area contributed by atoms with Gasteiger partial charge in [0.05, 0.1) is 18.6 Å². The Hall–Kier alpha value is -5.27. The molecule has 0 saturated carbocycles. The number of fused-ring (bicyclic) bond motifs is 5. The molecule has 0 radical (unpaired) electrons. The van der Waals surface area contributed by atoms with Gasteiger partial charge in [-0.1, -0.05) is 30.3 Å². The van der Waals surface area contributed by atoms with Crippen LogP contribution in [-0.2, 0) is 21.5 Å². The number of imidazole rings is 1. The van der Waals surface area contributed by atoms with Crippen molar-refractivity contribution in [2.75, 3.05) is 10.2 Å². The Balaban J connectivity index is 1.37. The quantitative estimate of drug-likeness (QED) is 0.341. The molecule has 1 spiro atoms. The molecule has 41 heavy (non-hydrogen) atoms. The molecule has 0 saturated heterocycles. The summed E-state index contributed by atoms with van der Waals surface area (Å²) in [5.74, 6) is -0.561. The average Bonchev–Trinajstić information content (AvgIpc) is 3.59. The number of H-pyrrole nitrogens is 1. The van der Waals surface area contributed by atoms with Crippen LogP contribution < -0.4 is 15.0 Å². The molecular weight excluding hydrogens is 541 g/mol. The normalized spacial score (nSPS) is 18.1. The standard InChI is InChI=1S/C27H19F3N8O3/c1-14-20-23(38(36-14)24-21-22(32-12-31-21)33-13-34-24)35-19(39)10-26(20)17-7-2-3-8-18(17)37(25(26)40)11-15-5-4-6-16(9-15)41-27(28,29)30/h2-9,12-13H,10-11H2,1H3,(H,35,39)(H,31,32,33,34)/t26-/m1/s1. The Morgan fingerprint density at radius 3 is 2.73 bits per heavy atom. The largest absolute Gasteiger partial charge is 0.573 e. The molecule has 2 aliphatic rings. The fourth-order valence-electron chi connectivity index (χ4n) is 5.84. The highest BCUT2D eigenvalue weighted by Gasteiger charge is 2.58. The second kappa shape index (κ2) is 8.61. The van der Waals surface area contributed by atoms with Crippen molar-refractivity contribution in [3.8, 4) is 11.6 Å².